The first-order valence-corrected chi connectivity index (χ1v) is 15.4. The van der Waals surface area contributed by atoms with E-state index in [1.165, 1.54) is 16.9 Å². The highest BCUT2D eigenvalue weighted by Gasteiger charge is 2.43. The molecule has 2 aliphatic heterocycles. The number of nitrogens with zero attached hydrogens (tertiary/aromatic N) is 3. The van der Waals surface area contributed by atoms with E-state index in [0.29, 0.717) is 17.7 Å². The minimum absolute atomic E-state index is 0.0160. The second-order valence-electron chi connectivity index (χ2n) is 12.6. The van der Waals surface area contributed by atoms with Gasteiger partial charge in [0.05, 0.1) is 25.8 Å². The minimum Gasteiger partial charge on any atom is -0.469 e. The van der Waals surface area contributed by atoms with Crippen LogP contribution in [-0.4, -0.2) is 77.3 Å². The molecule has 10 nitrogen and oxygen atoms in total. The van der Waals surface area contributed by atoms with Gasteiger partial charge in [0.1, 0.15) is 18.2 Å². The lowest BCUT2D eigenvalue weighted by molar-refractivity contribution is -0.147. The number of carbonyl (C=O) groups excluding carboxylic acids is 5. The Balaban J connectivity index is 1.47. The first-order chi connectivity index (χ1) is 21.9. The molecule has 5 rings (SSSR count). The molecule has 0 unspecified atom stereocenters. The second-order valence-corrected chi connectivity index (χ2v) is 12.6. The highest BCUT2D eigenvalue weighted by atomic mass is 16.6. The lowest BCUT2D eigenvalue weighted by Crippen LogP contribution is -2.55. The van der Waals surface area contributed by atoms with E-state index >= 15 is 0 Å². The summed E-state index contributed by atoms with van der Waals surface area (Å²) in [6, 6.07) is 21.9. The van der Waals surface area contributed by atoms with Gasteiger partial charge in [0.15, 0.2) is 5.78 Å². The van der Waals surface area contributed by atoms with Crippen molar-refractivity contribution in [1.29, 1.82) is 0 Å². The van der Waals surface area contributed by atoms with Gasteiger partial charge in [-0.1, -0.05) is 72.8 Å². The molecule has 3 amide bonds. The van der Waals surface area contributed by atoms with Crippen molar-refractivity contribution in [2.24, 2.45) is 0 Å². The van der Waals surface area contributed by atoms with Crippen molar-refractivity contribution in [1.82, 2.24) is 9.80 Å². The van der Waals surface area contributed by atoms with E-state index < -0.39 is 48.1 Å². The Morgan fingerprint density at radius 1 is 0.804 bits per heavy atom. The molecule has 0 aliphatic carbocycles. The zero-order valence-corrected chi connectivity index (χ0v) is 26.6. The smallest absolute Gasteiger partial charge is 0.415 e. The monoisotopic (exact) mass is 625 g/mol. The summed E-state index contributed by atoms with van der Waals surface area (Å²) in [5.41, 5.74) is 2.86. The summed E-state index contributed by atoms with van der Waals surface area (Å²) in [7, 11) is 1.30. The van der Waals surface area contributed by atoms with Gasteiger partial charge in [-0.2, -0.15) is 0 Å². The second kappa shape index (κ2) is 13.6. The zero-order chi connectivity index (χ0) is 33.0. The van der Waals surface area contributed by atoms with Crippen molar-refractivity contribution in [2.45, 2.75) is 64.3 Å². The normalized spacial score (nSPS) is 17.0. The lowest BCUT2D eigenvalue weighted by atomic mass is 9.92. The Kier molecular flexibility index (Phi) is 9.55. The van der Waals surface area contributed by atoms with Crippen LogP contribution in [0, 0.1) is 0 Å². The Hall–Kier alpha value is -4.99. The summed E-state index contributed by atoms with van der Waals surface area (Å²) in [4.78, 5) is 72.1. The Bertz CT molecular complexity index is 1630. The average molecular weight is 626 g/mol. The molecule has 0 radical (unpaired) electrons. The number of hydrogen-bond acceptors (Lipinski definition) is 7. The van der Waals surface area contributed by atoms with Crippen molar-refractivity contribution in [3.05, 3.63) is 101 Å². The molecule has 2 heterocycles. The van der Waals surface area contributed by atoms with Gasteiger partial charge in [-0.25, -0.2) is 4.79 Å². The van der Waals surface area contributed by atoms with Gasteiger partial charge in [0, 0.05) is 24.6 Å². The highest BCUT2D eigenvalue weighted by Crippen LogP contribution is 2.34. The summed E-state index contributed by atoms with van der Waals surface area (Å²) < 4.78 is 10.6. The molecule has 10 heteroatoms. The predicted octanol–water partition coefficient (Wildman–Crippen LogP) is 4.58. The van der Waals surface area contributed by atoms with Crippen LogP contribution in [0.5, 0.6) is 0 Å². The summed E-state index contributed by atoms with van der Waals surface area (Å²) in [6.45, 7) is 4.67. The maximum absolute atomic E-state index is 14.5. The summed E-state index contributed by atoms with van der Waals surface area (Å²) in [5, 5.41) is 0. The third-order valence-corrected chi connectivity index (χ3v) is 8.23. The highest BCUT2D eigenvalue weighted by molar-refractivity contribution is 6.04. The molecule has 0 saturated heterocycles. The van der Waals surface area contributed by atoms with Gasteiger partial charge in [-0.3, -0.25) is 24.1 Å². The van der Waals surface area contributed by atoms with Crippen molar-refractivity contribution in [2.75, 3.05) is 25.1 Å². The number of esters is 1. The molecule has 0 bridgehead atoms. The average Bonchev–Trinajstić information content (AvgIpc) is 3.43. The molecule has 0 fully saturated rings. The SMILES string of the molecule is COC(=O)C[C@H]1Cc2ccccc2CN1C(=O)CN(CC(=O)c1ccccc1)C(=O)[C@H]1Cc2ccccc2N1C(=O)OC(C)(C)C. The lowest BCUT2D eigenvalue weighted by Gasteiger charge is -2.38. The number of amides is 3. The van der Waals surface area contributed by atoms with E-state index in [1.807, 2.05) is 36.4 Å². The quantitative estimate of drug-likeness (QED) is 0.266. The molecule has 2 aliphatic rings. The van der Waals surface area contributed by atoms with Crippen LogP contribution >= 0.6 is 0 Å². The summed E-state index contributed by atoms with van der Waals surface area (Å²) in [6.07, 6.45) is -0.0707. The van der Waals surface area contributed by atoms with E-state index in [4.69, 9.17) is 9.47 Å². The van der Waals surface area contributed by atoms with Crippen LogP contribution < -0.4 is 4.90 Å². The molecule has 2 atom stereocenters. The molecular formula is C36H39N3O7. The molecule has 240 valence electrons. The summed E-state index contributed by atoms with van der Waals surface area (Å²) in [5.74, 6) is -1.78. The molecule has 3 aromatic rings. The Labute approximate surface area is 268 Å². The third kappa shape index (κ3) is 7.28. The summed E-state index contributed by atoms with van der Waals surface area (Å²) >= 11 is 0. The van der Waals surface area contributed by atoms with Gasteiger partial charge in [0.2, 0.25) is 11.8 Å². The first-order valence-electron chi connectivity index (χ1n) is 15.4. The van der Waals surface area contributed by atoms with Crippen LogP contribution in [0.3, 0.4) is 0 Å². The van der Waals surface area contributed by atoms with Gasteiger partial charge in [-0.05, 0) is 49.9 Å². The number of rotatable bonds is 8. The van der Waals surface area contributed by atoms with Gasteiger partial charge in [0.25, 0.3) is 0 Å². The number of methoxy groups -OCH3 is 1. The fraction of sp³-hybridized carbons (Fsp3) is 0.361. The number of ketones is 1. The molecule has 46 heavy (non-hydrogen) atoms. The molecule has 0 aromatic heterocycles. The van der Waals surface area contributed by atoms with Crippen LogP contribution in [0.25, 0.3) is 0 Å². The van der Waals surface area contributed by atoms with Gasteiger partial charge < -0.3 is 19.3 Å². The van der Waals surface area contributed by atoms with Crippen LogP contribution in [0.15, 0.2) is 78.9 Å². The number of hydrogen-bond donors (Lipinski definition) is 0. The maximum atomic E-state index is 14.5. The predicted molar refractivity (Wildman–Crippen MR) is 171 cm³/mol. The number of fused-ring (bicyclic) bond motifs is 2. The Morgan fingerprint density at radius 2 is 1.43 bits per heavy atom. The fourth-order valence-electron chi connectivity index (χ4n) is 6.02. The number of carbonyl (C=O) groups is 5. The zero-order valence-electron chi connectivity index (χ0n) is 26.6. The van der Waals surface area contributed by atoms with Crippen molar-refractivity contribution in [3.8, 4) is 0 Å². The van der Waals surface area contributed by atoms with Gasteiger partial charge >= 0.3 is 12.1 Å². The van der Waals surface area contributed by atoms with E-state index in [0.717, 1.165) is 16.7 Å². The Morgan fingerprint density at radius 3 is 2.11 bits per heavy atom. The third-order valence-electron chi connectivity index (χ3n) is 8.23. The van der Waals surface area contributed by atoms with E-state index in [2.05, 4.69) is 0 Å². The number of benzene rings is 3. The van der Waals surface area contributed by atoms with Crippen LogP contribution in [0.1, 0.15) is 54.2 Å². The number of ether oxygens (including phenoxy) is 2. The maximum Gasteiger partial charge on any atom is 0.415 e. The van der Waals surface area contributed by atoms with Crippen molar-refractivity contribution >= 4 is 35.3 Å². The molecule has 0 spiro atoms. The molecule has 0 N–H and O–H groups in total. The largest absolute Gasteiger partial charge is 0.469 e. The topological polar surface area (TPSA) is 114 Å². The molecule has 3 aromatic carbocycles. The van der Waals surface area contributed by atoms with E-state index in [1.54, 1.807) is 68.1 Å². The van der Waals surface area contributed by atoms with E-state index in [-0.39, 0.29) is 31.7 Å². The van der Waals surface area contributed by atoms with Crippen molar-refractivity contribution < 1.29 is 33.4 Å². The fourth-order valence-corrected chi connectivity index (χ4v) is 6.02. The number of Topliss-reactive ketones (excluding diaryl/α,β-unsaturated/α-hetero) is 1. The molecular weight excluding hydrogens is 586 g/mol. The van der Waals surface area contributed by atoms with Crippen molar-refractivity contribution in [3.63, 3.8) is 0 Å². The first kappa shape index (κ1) is 32.4. The molecule has 0 saturated carbocycles. The minimum atomic E-state index is -1.03. The number of para-hydroxylation sites is 1. The standard InChI is InChI=1S/C36H39N3O7/c1-36(2,3)46-35(44)39-29-17-11-10-15-26(29)19-30(39)34(43)37(22-31(40)24-12-6-5-7-13-24)23-32(41)38-21-27-16-9-8-14-25(27)18-28(38)20-33(42)45-4/h5-17,28,30H,18-23H2,1-4H3/t28-,30-/m1/s1. The van der Waals surface area contributed by atoms with Crippen LogP contribution in [0.4, 0.5) is 10.5 Å². The van der Waals surface area contributed by atoms with Crippen LogP contribution in [0.2, 0.25) is 0 Å². The van der Waals surface area contributed by atoms with Crippen LogP contribution in [-0.2, 0) is 43.2 Å². The number of anilines is 1. The van der Waals surface area contributed by atoms with E-state index in [9.17, 15) is 24.0 Å². The van der Waals surface area contributed by atoms with Gasteiger partial charge in [-0.15, -0.1) is 0 Å².